The van der Waals surface area contributed by atoms with E-state index in [-0.39, 0.29) is 12.0 Å². The molecular formula is C14H17NO3. The van der Waals surface area contributed by atoms with Crippen LogP contribution in [-0.4, -0.2) is 25.0 Å². The Morgan fingerprint density at radius 1 is 1.28 bits per heavy atom. The largest absolute Gasteiger partial charge is 0.459 e. The van der Waals surface area contributed by atoms with Gasteiger partial charge in [0.25, 0.3) is 0 Å². The van der Waals surface area contributed by atoms with Gasteiger partial charge in [0.1, 0.15) is 0 Å². The highest BCUT2D eigenvalue weighted by Crippen LogP contribution is 2.47. The average Bonchev–Trinajstić information content (AvgIpc) is 3.18. The van der Waals surface area contributed by atoms with Crippen molar-refractivity contribution in [3.8, 4) is 0 Å². The summed E-state index contributed by atoms with van der Waals surface area (Å²) in [6, 6.07) is 10.1. The number of hydrogen-bond acceptors (Lipinski definition) is 3. The molecule has 0 heterocycles. The summed E-state index contributed by atoms with van der Waals surface area (Å²) in [5.74, 6) is -1.46. The lowest BCUT2D eigenvalue weighted by Gasteiger charge is -2.16. The predicted molar refractivity (Wildman–Crippen MR) is 67.0 cm³/mol. The summed E-state index contributed by atoms with van der Waals surface area (Å²) in [4.78, 5) is 22.6. The first-order valence-corrected chi connectivity index (χ1v) is 6.18. The molecule has 1 aromatic carbocycles. The smallest absolute Gasteiger partial charge is 0.396 e. The standard InChI is InChI=1S/C14H17NO3/c1-2-18-13(17)12(16)15-10-14(8-9-14)11-6-4-3-5-7-11/h3-7H,2,8-10H2,1H3,(H,15,16). The van der Waals surface area contributed by atoms with Crippen molar-refractivity contribution >= 4 is 11.9 Å². The van der Waals surface area contributed by atoms with Gasteiger partial charge in [-0.2, -0.15) is 0 Å². The quantitative estimate of drug-likeness (QED) is 0.646. The maximum atomic E-state index is 11.5. The number of ether oxygens (including phenoxy) is 1. The van der Waals surface area contributed by atoms with Gasteiger partial charge in [-0.15, -0.1) is 0 Å². The van der Waals surface area contributed by atoms with Crippen LogP contribution in [0.2, 0.25) is 0 Å². The van der Waals surface area contributed by atoms with Crippen LogP contribution in [0.5, 0.6) is 0 Å². The second kappa shape index (κ2) is 5.21. The Kier molecular flexibility index (Phi) is 3.65. The lowest BCUT2D eigenvalue weighted by atomic mass is 9.96. The molecule has 1 amide bonds. The maximum absolute atomic E-state index is 11.5. The molecule has 0 spiro atoms. The summed E-state index contributed by atoms with van der Waals surface area (Å²) >= 11 is 0. The van der Waals surface area contributed by atoms with Gasteiger partial charge in [0, 0.05) is 12.0 Å². The van der Waals surface area contributed by atoms with Gasteiger partial charge in [0.15, 0.2) is 0 Å². The number of carbonyl (C=O) groups excluding carboxylic acids is 2. The van der Waals surface area contributed by atoms with Crippen molar-refractivity contribution in [3.05, 3.63) is 35.9 Å². The van der Waals surface area contributed by atoms with Crippen molar-refractivity contribution in [2.24, 2.45) is 0 Å². The van der Waals surface area contributed by atoms with Crippen LogP contribution in [0.3, 0.4) is 0 Å². The van der Waals surface area contributed by atoms with Crippen LogP contribution >= 0.6 is 0 Å². The van der Waals surface area contributed by atoms with E-state index < -0.39 is 11.9 Å². The van der Waals surface area contributed by atoms with E-state index >= 15 is 0 Å². The van der Waals surface area contributed by atoms with E-state index in [0.717, 1.165) is 12.8 Å². The Hall–Kier alpha value is -1.84. The molecule has 0 aromatic heterocycles. The van der Waals surface area contributed by atoms with Gasteiger partial charge in [-0.3, -0.25) is 4.79 Å². The Labute approximate surface area is 106 Å². The zero-order valence-electron chi connectivity index (χ0n) is 10.4. The molecule has 1 fully saturated rings. The van der Waals surface area contributed by atoms with E-state index in [1.54, 1.807) is 6.92 Å². The predicted octanol–water partition coefficient (Wildman–Crippen LogP) is 1.40. The summed E-state index contributed by atoms with van der Waals surface area (Å²) in [6.45, 7) is 2.39. The van der Waals surface area contributed by atoms with Crippen molar-refractivity contribution in [3.63, 3.8) is 0 Å². The summed E-state index contributed by atoms with van der Waals surface area (Å²) in [7, 11) is 0. The van der Waals surface area contributed by atoms with Crippen LogP contribution in [0.1, 0.15) is 25.3 Å². The van der Waals surface area contributed by atoms with E-state index in [1.807, 2.05) is 18.2 Å². The molecule has 1 saturated carbocycles. The molecule has 4 heteroatoms. The van der Waals surface area contributed by atoms with Gasteiger partial charge in [0.2, 0.25) is 0 Å². The third-order valence-electron chi connectivity index (χ3n) is 3.29. The van der Waals surface area contributed by atoms with E-state index in [9.17, 15) is 9.59 Å². The lowest BCUT2D eigenvalue weighted by Crippen LogP contribution is -2.37. The zero-order chi connectivity index (χ0) is 13.0. The molecule has 96 valence electrons. The number of nitrogens with one attached hydrogen (secondary N) is 1. The molecule has 1 aromatic rings. The molecule has 18 heavy (non-hydrogen) atoms. The van der Waals surface area contributed by atoms with Gasteiger partial charge in [-0.05, 0) is 25.3 Å². The van der Waals surface area contributed by atoms with Crippen LogP contribution in [0, 0.1) is 0 Å². The maximum Gasteiger partial charge on any atom is 0.396 e. The molecule has 0 bridgehead atoms. The second-order valence-corrected chi connectivity index (χ2v) is 4.55. The van der Waals surface area contributed by atoms with E-state index in [4.69, 9.17) is 0 Å². The third kappa shape index (κ3) is 2.70. The minimum atomic E-state index is -0.804. The van der Waals surface area contributed by atoms with Gasteiger partial charge in [0.05, 0.1) is 6.61 Å². The van der Waals surface area contributed by atoms with Gasteiger partial charge >= 0.3 is 11.9 Å². The van der Waals surface area contributed by atoms with Crippen molar-refractivity contribution in [1.82, 2.24) is 5.32 Å². The summed E-state index contributed by atoms with van der Waals surface area (Å²) in [5, 5.41) is 2.66. The highest BCUT2D eigenvalue weighted by molar-refractivity contribution is 6.32. The van der Waals surface area contributed by atoms with Crippen molar-refractivity contribution in [2.75, 3.05) is 13.2 Å². The van der Waals surface area contributed by atoms with Gasteiger partial charge in [-0.25, -0.2) is 4.79 Å². The molecule has 2 rings (SSSR count). The number of carbonyl (C=O) groups is 2. The molecule has 0 unspecified atom stereocenters. The zero-order valence-corrected chi connectivity index (χ0v) is 10.4. The Balaban J connectivity index is 1.91. The number of hydrogen-bond donors (Lipinski definition) is 1. The average molecular weight is 247 g/mol. The molecule has 0 aliphatic heterocycles. The van der Waals surface area contributed by atoms with Crippen molar-refractivity contribution < 1.29 is 14.3 Å². The fourth-order valence-electron chi connectivity index (χ4n) is 2.03. The topological polar surface area (TPSA) is 55.4 Å². The first-order valence-electron chi connectivity index (χ1n) is 6.18. The Bertz CT molecular complexity index is 438. The number of benzene rings is 1. The lowest BCUT2D eigenvalue weighted by molar-refractivity contribution is -0.154. The van der Waals surface area contributed by atoms with E-state index in [0.29, 0.717) is 6.54 Å². The minimum Gasteiger partial charge on any atom is -0.459 e. The van der Waals surface area contributed by atoms with Crippen molar-refractivity contribution in [1.29, 1.82) is 0 Å². The normalized spacial score (nSPS) is 15.8. The van der Waals surface area contributed by atoms with Gasteiger partial charge < -0.3 is 10.1 Å². The van der Waals surface area contributed by atoms with E-state index in [2.05, 4.69) is 22.2 Å². The minimum absolute atomic E-state index is 0.0173. The van der Waals surface area contributed by atoms with Crippen LogP contribution < -0.4 is 5.32 Å². The van der Waals surface area contributed by atoms with Crippen LogP contribution in [0.4, 0.5) is 0 Å². The molecule has 0 atom stereocenters. The van der Waals surface area contributed by atoms with Crippen LogP contribution in [0.15, 0.2) is 30.3 Å². The first-order chi connectivity index (χ1) is 8.68. The molecule has 1 N–H and O–H groups in total. The second-order valence-electron chi connectivity index (χ2n) is 4.55. The SMILES string of the molecule is CCOC(=O)C(=O)NCC1(c2ccccc2)CC1. The highest BCUT2D eigenvalue weighted by atomic mass is 16.5. The monoisotopic (exact) mass is 247 g/mol. The summed E-state index contributed by atoms with van der Waals surface area (Å²) in [6.07, 6.45) is 2.08. The molecular weight excluding hydrogens is 230 g/mol. The fraction of sp³-hybridized carbons (Fsp3) is 0.429. The molecule has 4 nitrogen and oxygen atoms in total. The molecule has 1 aliphatic carbocycles. The van der Waals surface area contributed by atoms with E-state index in [1.165, 1.54) is 5.56 Å². The van der Waals surface area contributed by atoms with Gasteiger partial charge in [-0.1, -0.05) is 30.3 Å². The fourth-order valence-corrected chi connectivity index (χ4v) is 2.03. The molecule has 0 radical (unpaired) electrons. The highest BCUT2D eigenvalue weighted by Gasteiger charge is 2.44. The number of esters is 1. The molecule has 0 saturated heterocycles. The Morgan fingerprint density at radius 3 is 2.50 bits per heavy atom. The number of amides is 1. The third-order valence-corrected chi connectivity index (χ3v) is 3.29. The van der Waals surface area contributed by atoms with Crippen LogP contribution in [-0.2, 0) is 19.7 Å². The number of rotatable bonds is 4. The Morgan fingerprint density at radius 2 is 1.94 bits per heavy atom. The summed E-state index contributed by atoms with van der Waals surface area (Å²) in [5.41, 5.74) is 1.23. The molecule has 1 aliphatic rings. The first kappa shape index (κ1) is 12.6. The summed E-state index contributed by atoms with van der Waals surface area (Å²) < 4.78 is 4.64. The van der Waals surface area contributed by atoms with Crippen LogP contribution in [0.25, 0.3) is 0 Å². The van der Waals surface area contributed by atoms with Crippen molar-refractivity contribution in [2.45, 2.75) is 25.2 Å².